The summed E-state index contributed by atoms with van der Waals surface area (Å²) < 4.78 is 0. The lowest BCUT2D eigenvalue weighted by molar-refractivity contribution is -0.116. The molecule has 0 radical (unpaired) electrons. The minimum absolute atomic E-state index is 0.0877. The molecule has 194 valence electrons. The van der Waals surface area contributed by atoms with Gasteiger partial charge in [-0.25, -0.2) is 0 Å². The topological polar surface area (TPSA) is 32.3 Å². The van der Waals surface area contributed by atoms with Gasteiger partial charge in [0.2, 0.25) is 0 Å². The molecule has 0 saturated carbocycles. The third kappa shape index (κ3) is 5.72. The zero-order valence-corrected chi connectivity index (χ0v) is 23.9. The highest BCUT2D eigenvalue weighted by Gasteiger charge is 2.38. The Kier molecular flexibility index (Phi) is 8.77. The number of Topliss-reactive ketones (excluding diaryl/α,β-unsaturated/α-hetero) is 1. The Morgan fingerprint density at radius 2 is 1.81 bits per heavy atom. The van der Waals surface area contributed by atoms with Crippen LogP contribution in [0, 0.1) is 6.92 Å². The summed E-state index contributed by atoms with van der Waals surface area (Å²) in [4.78, 5) is 16.1. The number of ketones is 1. The first-order chi connectivity index (χ1) is 17.0. The van der Waals surface area contributed by atoms with E-state index in [4.69, 9.17) is 11.6 Å². The number of carbonyl (C=O) groups is 1. The highest BCUT2D eigenvalue weighted by Crippen LogP contribution is 2.40. The lowest BCUT2D eigenvalue weighted by atomic mass is 9.71. The lowest BCUT2D eigenvalue weighted by Crippen LogP contribution is -2.53. The molecule has 0 amide bonds. The maximum Gasteiger partial charge on any atom is 0.166 e. The Morgan fingerprint density at radius 3 is 2.36 bits per heavy atom. The van der Waals surface area contributed by atoms with E-state index in [1.54, 1.807) is 0 Å². The van der Waals surface area contributed by atoms with Crippen molar-refractivity contribution in [3.8, 4) is 0 Å². The van der Waals surface area contributed by atoms with Crippen LogP contribution in [0.2, 0.25) is 5.02 Å². The van der Waals surface area contributed by atoms with E-state index in [0.29, 0.717) is 12.0 Å². The van der Waals surface area contributed by atoms with Gasteiger partial charge in [0.1, 0.15) is 5.82 Å². The third-order valence-corrected chi connectivity index (χ3v) is 8.78. The van der Waals surface area contributed by atoms with Gasteiger partial charge >= 0.3 is 0 Å². The molecule has 1 heterocycles. The Balaban J connectivity index is 1.95. The first-order valence-corrected chi connectivity index (χ1v) is 13.6. The van der Waals surface area contributed by atoms with Crippen molar-refractivity contribution in [2.24, 2.45) is 0 Å². The fourth-order valence-corrected chi connectivity index (χ4v) is 5.69. The molecule has 0 bridgehead atoms. The molecule has 3 rings (SSSR count). The van der Waals surface area contributed by atoms with E-state index in [2.05, 4.69) is 94.0 Å². The first kappa shape index (κ1) is 28.1. The van der Waals surface area contributed by atoms with Crippen molar-refractivity contribution in [2.45, 2.75) is 90.6 Å². The van der Waals surface area contributed by atoms with Crippen LogP contribution in [-0.2, 0) is 10.2 Å². The van der Waals surface area contributed by atoms with Crippen LogP contribution in [0.1, 0.15) is 89.5 Å². The predicted molar refractivity (Wildman–Crippen MR) is 153 cm³/mol. The minimum atomic E-state index is -0.114. The van der Waals surface area contributed by atoms with Gasteiger partial charge in [-0.05, 0) is 87.1 Å². The number of rotatable bonds is 9. The summed E-state index contributed by atoms with van der Waals surface area (Å²) >= 11 is 6.50. The molecule has 2 aromatic rings. The fourth-order valence-electron chi connectivity index (χ4n) is 5.51. The summed E-state index contributed by atoms with van der Waals surface area (Å²) in [6.45, 7) is 17.1. The third-order valence-electron chi connectivity index (χ3n) is 8.37. The van der Waals surface area contributed by atoms with Gasteiger partial charge < -0.3 is 10.2 Å². The number of halogens is 1. The maximum atomic E-state index is 13.9. The second kappa shape index (κ2) is 11.3. The molecule has 0 unspecified atom stereocenters. The summed E-state index contributed by atoms with van der Waals surface area (Å²) in [7, 11) is 2.08. The molecular formula is C32H43ClN2O. The highest BCUT2D eigenvalue weighted by molar-refractivity contribution is 6.31. The van der Waals surface area contributed by atoms with Crippen molar-refractivity contribution in [3.63, 3.8) is 0 Å². The molecule has 4 heteroatoms. The molecule has 1 fully saturated rings. The van der Waals surface area contributed by atoms with Crippen LogP contribution in [0.5, 0.6) is 0 Å². The van der Waals surface area contributed by atoms with E-state index >= 15 is 0 Å². The number of allylic oxidation sites excluding steroid dienone is 2. The van der Waals surface area contributed by atoms with Gasteiger partial charge in [0, 0.05) is 24.0 Å². The number of nitrogens with one attached hydrogen (secondary N) is 1. The molecule has 1 atom stereocenters. The summed E-state index contributed by atoms with van der Waals surface area (Å²) in [6.07, 6.45) is 4.09. The molecule has 3 nitrogen and oxygen atoms in total. The van der Waals surface area contributed by atoms with E-state index in [1.165, 1.54) is 11.1 Å². The van der Waals surface area contributed by atoms with E-state index in [0.717, 1.165) is 47.7 Å². The Hall–Kier alpha value is -2.52. The number of carbonyl (C=O) groups excluding carboxylic acids is 1. The monoisotopic (exact) mass is 506 g/mol. The Bertz CT molecular complexity index is 1130. The smallest absolute Gasteiger partial charge is 0.166 e. The number of nitrogens with zero attached hydrogens (tertiary/aromatic N) is 1. The number of hydrogen-bond donors (Lipinski definition) is 1. The maximum absolute atomic E-state index is 13.9. The molecule has 0 aromatic heterocycles. The van der Waals surface area contributed by atoms with Crippen molar-refractivity contribution in [3.05, 3.63) is 93.8 Å². The molecule has 0 spiro atoms. The summed E-state index contributed by atoms with van der Waals surface area (Å²) in [5.41, 5.74) is 4.85. The minimum Gasteiger partial charge on any atom is -0.364 e. The summed E-state index contributed by atoms with van der Waals surface area (Å²) in [6, 6.07) is 17.0. The molecular weight excluding hydrogens is 464 g/mol. The van der Waals surface area contributed by atoms with Gasteiger partial charge in [0.05, 0.1) is 11.6 Å². The second-order valence-electron chi connectivity index (χ2n) is 11.1. The first-order valence-electron chi connectivity index (χ1n) is 13.2. The predicted octanol–water partition coefficient (Wildman–Crippen LogP) is 8.29. The van der Waals surface area contributed by atoms with Gasteiger partial charge in [-0.3, -0.25) is 4.79 Å². The Morgan fingerprint density at radius 1 is 1.17 bits per heavy atom. The molecule has 1 aliphatic heterocycles. The average molecular weight is 507 g/mol. The molecule has 0 aliphatic carbocycles. The van der Waals surface area contributed by atoms with E-state index in [1.807, 2.05) is 19.9 Å². The van der Waals surface area contributed by atoms with E-state index in [9.17, 15) is 4.79 Å². The van der Waals surface area contributed by atoms with Gasteiger partial charge in [0.25, 0.3) is 0 Å². The van der Waals surface area contributed by atoms with Crippen molar-refractivity contribution >= 4 is 17.4 Å². The number of benzene rings is 2. The van der Waals surface area contributed by atoms with Crippen LogP contribution in [0.4, 0.5) is 0 Å². The molecule has 2 aromatic carbocycles. The number of hydrogen-bond acceptors (Lipinski definition) is 3. The van der Waals surface area contributed by atoms with Crippen LogP contribution in [-0.4, -0.2) is 23.3 Å². The molecule has 1 N–H and O–H groups in total. The summed E-state index contributed by atoms with van der Waals surface area (Å²) in [5.74, 6) is 1.03. The van der Waals surface area contributed by atoms with Crippen LogP contribution in [0.3, 0.4) is 0 Å². The van der Waals surface area contributed by atoms with Gasteiger partial charge in [0.15, 0.2) is 5.78 Å². The zero-order valence-electron chi connectivity index (χ0n) is 23.2. The van der Waals surface area contributed by atoms with E-state index < -0.39 is 0 Å². The van der Waals surface area contributed by atoms with Crippen LogP contribution < -0.4 is 5.32 Å². The lowest BCUT2D eigenvalue weighted by Gasteiger charge is -2.48. The van der Waals surface area contributed by atoms with Crippen LogP contribution in [0.15, 0.2) is 72.1 Å². The zero-order chi connectivity index (χ0) is 26.7. The van der Waals surface area contributed by atoms with E-state index in [-0.39, 0.29) is 22.8 Å². The summed E-state index contributed by atoms with van der Waals surface area (Å²) in [5, 5.41) is 4.50. The highest BCUT2D eigenvalue weighted by atomic mass is 35.5. The van der Waals surface area contributed by atoms with Crippen molar-refractivity contribution < 1.29 is 4.79 Å². The SMILES string of the molecule is C=C(C)/C(C(=O)CCC(CC)(CC)c1ccc(C)c(Cl)c1)=C1/N[C@@H](c2ccccc2)CC(C)(C)N1C. The van der Waals surface area contributed by atoms with Gasteiger partial charge in [-0.1, -0.05) is 74.5 Å². The number of aryl methyl sites for hydroxylation is 1. The van der Waals surface area contributed by atoms with Crippen molar-refractivity contribution in [1.29, 1.82) is 0 Å². The molecule has 36 heavy (non-hydrogen) atoms. The van der Waals surface area contributed by atoms with Gasteiger partial charge in [-0.15, -0.1) is 0 Å². The van der Waals surface area contributed by atoms with Crippen LogP contribution >= 0.6 is 11.6 Å². The molecule has 1 aliphatic rings. The fraction of sp³-hybridized carbons (Fsp3) is 0.469. The largest absolute Gasteiger partial charge is 0.364 e. The quantitative estimate of drug-likeness (QED) is 0.347. The molecule has 1 saturated heterocycles. The van der Waals surface area contributed by atoms with Crippen molar-refractivity contribution in [2.75, 3.05) is 7.05 Å². The van der Waals surface area contributed by atoms with Gasteiger partial charge in [-0.2, -0.15) is 0 Å². The Labute approximate surface area is 223 Å². The standard InChI is InChI=1S/C32H43ClN2O/c1-9-32(10-2,25-17-16-23(5)26(33)20-25)19-18-28(36)29(22(3)4)30-34-27(21-31(6,7)35(30)8)24-14-12-11-13-15-24/h11-17,20,27,34H,3,9-10,18-19,21H2,1-2,4-8H3/b30-29+/t27-/m1/s1. The van der Waals surface area contributed by atoms with Crippen LogP contribution in [0.25, 0.3) is 0 Å². The normalized spacial score (nSPS) is 19.0. The average Bonchev–Trinajstić information content (AvgIpc) is 2.85. The van der Waals surface area contributed by atoms with Crippen molar-refractivity contribution in [1.82, 2.24) is 10.2 Å². The second-order valence-corrected chi connectivity index (χ2v) is 11.5.